The van der Waals surface area contributed by atoms with Gasteiger partial charge in [-0.2, -0.15) is 0 Å². The van der Waals surface area contributed by atoms with Crippen LogP contribution in [0.3, 0.4) is 0 Å². The van der Waals surface area contributed by atoms with Crippen LogP contribution < -0.4 is 5.32 Å². The van der Waals surface area contributed by atoms with Crippen LogP contribution in [0.1, 0.15) is 59.3 Å². The van der Waals surface area contributed by atoms with Gasteiger partial charge in [-0.1, -0.05) is 19.3 Å². The minimum absolute atomic E-state index is 0.325. The molecule has 1 aliphatic carbocycles. The van der Waals surface area contributed by atoms with Gasteiger partial charge in [0.25, 0.3) is 0 Å². The number of carbonyl (C=O) groups is 2. The van der Waals surface area contributed by atoms with Crippen molar-refractivity contribution >= 4 is 11.9 Å². The lowest BCUT2D eigenvalue weighted by Crippen LogP contribution is -2.33. The second-order valence-corrected chi connectivity index (χ2v) is 6.07. The first kappa shape index (κ1) is 15.0. The fourth-order valence-electron chi connectivity index (χ4n) is 1.91. The zero-order valence-electron chi connectivity index (χ0n) is 11.8. The summed E-state index contributed by atoms with van der Waals surface area (Å²) in [4.78, 5) is 22.9. The molecule has 0 spiro atoms. The Morgan fingerprint density at radius 3 is 2.44 bits per heavy atom. The van der Waals surface area contributed by atoms with Crippen molar-refractivity contribution in [1.82, 2.24) is 5.32 Å². The summed E-state index contributed by atoms with van der Waals surface area (Å²) in [5.41, 5.74) is -0.468. The van der Waals surface area contributed by atoms with Gasteiger partial charge in [0, 0.05) is 19.4 Å². The molecule has 0 aliphatic heterocycles. The second kappa shape index (κ2) is 6.76. The molecule has 18 heavy (non-hydrogen) atoms. The van der Waals surface area contributed by atoms with Gasteiger partial charge in [0.1, 0.15) is 11.4 Å². The predicted octanol–water partition coefficient (Wildman–Crippen LogP) is 3.05. The van der Waals surface area contributed by atoms with E-state index >= 15 is 0 Å². The van der Waals surface area contributed by atoms with Gasteiger partial charge in [-0.25, -0.2) is 4.79 Å². The molecule has 4 heteroatoms. The third-order valence-corrected chi connectivity index (χ3v) is 3.04. The third-order valence-electron chi connectivity index (χ3n) is 3.04. The molecular formula is C14H25NO3. The highest BCUT2D eigenvalue weighted by atomic mass is 16.6. The van der Waals surface area contributed by atoms with E-state index in [0.717, 1.165) is 6.42 Å². The largest absolute Gasteiger partial charge is 0.444 e. The number of carbonyl (C=O) groups excluding carboxylic acids is 2. The molecule has 0 heterocycles. The van der Waals surface area contributed by atoms with E-state index in [1.54, 1.807) is 0 Å². The lowest BCUT2D eigenvalue weighted by molar-refractivity contribution is -0.120. The van der Waals surface area contributed by atoms with E-state index in [1.165, 1.54) is 19.3 Å². The van der Waals surface area contributed by atoms with Crippen molar-refractivity contribution < 1.29 is 14.3 Å². The third kappa shape index (κ3) is 6.62. The highest BCUT2D eigenvalue weighted by molar-refractivity contribution is 5.78. The van der Waals surface area contributed by atoms with Crippen LogP contribution in [0.4, 0.5) is 4.79 Å². The Labute approximate surface area is 109 Å². The zero-order valence-corrected chi connectivity index (χ0v) is 11.8. The highest BCUT2D eigenvalue weighted by Crippen LogP contribution is 2.29. The molecule has 0 unspecified atom stereocenters. The van der Waals surface area contributed by atoms with Crippen molar-refractivity contribution in [3.05, 3.63) is 0 Å². The van der Waals surface area contributed by atoms with Crippen LogP contribution in [0.2, 0.25) is 0 Å². The van der Waals surface area contributed by atoms with Crippen LogP contribution in [0.15, 0.2) is 0 Å². The van der Waals surface area contributed by atoms with E-state index in [4.69, 9.17) is 4.74 Å². The Balaban J connectivity index is 2.00. The molecule has 0 aromatic carbocycles. The highest BCUT2D eigenvalue weighted by Gasteiger charge is 2.20. The van der Waals surface area contributed by atoms with Gasteiger partial charge in [0.15, 0.2) is 0 Å². The van der Waals surface area contributed by atoms with Crippen LogP contribution in [0.5, 0.6) is 0 Å². The van der Waals surface area contributed by atoms with Gasteiger partial charge in [-0.15, -0.1) is 0 Å². The Hall–Kier alpha value is -1.06. The van der Waals surface area contributed by atoms with Crippen molar-refractivity contribution in [3.63, 3.8) is 0 Å². The maximum Gasteiger partial charge on any atom is 0.407 e. The van der Waals surface area contributed by atoms with Crippen molar-refractivity contribution in [3.8, 4) is 0 Å². The summed E-state index contributed by atoms with van der Waals surface area (Å²) in [6.07, 6.45) is 5.28. The second-order valence-electron chi connectivity index (χ2n) is 6.07. The predicted molar refractivity (Wildman–Crippen MR) is 70.4 cm³/mol. The minimum Gasteiger partial charge on any atom is -0.444 e. The number of ether oxygens (including phenoxy) is 1. The normalized spacial score (nSPS) is 15.9. The quantitative estimate of drug-likeness (QED) is 0.742. The van der Waals surface area contributed by atoms with E-state index in [-0.39, 0.29) is 0 Å². The monoisotopic (exact) mass is 255 g/mol. The molecule has 4 nitrogen and oxygen atoms in total. The first-order valence-electron chi connectivity index (χ1n) is 6.85. The zero-order chi connectivity index (χ0) is 13.6. The van der Waals surface area contributed by atoms with Gasteiger partial charge in [-0.3, -0.25) is 4.79 Å². The standard InChI is InChI=1S/C14H25NO3/c1-14(2,3)18-13(17)15-9-5-8-12(16)10-11-6-4-7-11/h11H,4-10H2,1-3H3,(H,15,17). The van der Waals surface area contributed by atoms with Crippen molar-refractivity contribution in [2.75, 3.05) is 6.54 Å². The van der Waals surface area contributed by atoms with Crippen LogP contribution in [-0.4, -0.2) is 24.0 Å². The summed E-state index contributed by atoms with van der Waals surface area (Å²) in [6, 6.07) is 0. The molecule has 0 aromatic heterocycles. The lowest BCUT2D eigenvalue weighted by Gasteiger charge is -2.24. The Kier molecular flexibility index (Phi) is 5.63. The number of amides is 1. The maximum absolute atomic E-state index is 11.6. The number of Topliss-reactive ketones (excluding diaryl/α,β-unsaturated/α-hetero) is 1. The average Bonchev–Trinajstić information content (AvgIpc) is 2.16. The lowest BCUT2D eigenvalue weighted by atomic mass is 9.81. The van der Waals surface area contributed by atoms with E-state index < -0.39 is 11.7 Å². The van der Waals surface area contributed by atoms with E-state index in [1.807, 2.05) is 20.8 Å². The van der Waals surface area contributed by atoms with Gasteiger partial charge >= 0.3 is 6.09 Å². The molecule has 104 valence electrons. The number of ketones is 1. The average molecular weight is 255 g/mol. The van der Waals surface area contributed by atoms with Gasteiger partial charge in [0.2, 0.25) is 0 Å². The first-order chi connectivity index (χ1) is 8.37. The fraction of sp³-hybridized carbons (Fsp3) is 0.857. The molecule has 0 aromatic rings. The van der Waals surface area contributed by atoms with Gasteiger partial charge in [0.05, 0.1) is 0 Å². The Morgan fingerprint density at radius 1 is 1.28 bits per heavy atom. The summed E-state index contributed by atoms with van der Waals surface area (Å²) in [5, 5.41) is 2.66. The molecule has 1 saturated carbocycles. The molecule has 0 saturated heterocycles. The molecule has 0 atom stereocenters. The molecule has 1 fully saturated rings. The number of nitrogens with one attached hydrogen (secondary N) is 1. The Bertz CT molecular complexity index is 290. The van der Waals surface area contributed by atoms with E-state index in [2.05, 4.69) is 5.32 Å². The number of rotatable bonds is 6. The summed E-state index contributed by atoms with van der Waals surface area (Å²) in [7, 11) is 0. The number of hydrogen-bond donors (Lipinski definition) is 1. The topological polar surface area (TPSA) is 55.4 Å². The Morgan fingerprint density at radius 2 is 1.94 bits per heavy atom. The van der Waals surface area contributed by atoms with Crippen molar-refractivity contribution in [1.29, 1.82) is 0 Å². The van der Waals surface area contributed by atoms with Crippen LogP contribution >= 0.6 is 0 Å². The molecule has 1 aliphatic rings. The fourth-order valence-corrected chi connectivity index (χ4v) is 1.91. The summed E-state index contributed by atoms with van der Waals surface area (Å²) in [6.45, 7) is 5.99. The number of alkyl carbamates (subject to hydrolysis) is 1. The van der Waals surface area contributed by atoms with Crippen molar-refractivity contribution in [2.45, 2.75) is 64.9 Å². The van der Waals surface area contributed by atoms with Crippen LogP contribution in [-0.2, 0) is 9.53 Å². The summed E-state index contributed by atoms with van der Waals surface area (Å²) in [5.74, 6) is 0.960. The van der Waals surface area contributed by atoms with Gasteiger partial charge < -0.3 is 10.1 Å². The molecule has 1 rings (SSSR count). The number of hydrogen-bond acceptors (Lipinski definition) is 3. The van der Waals surface area contributed by atoms with E-state index in [0.29, 0.717) is 31.1 Å². The molecule has 1 N–H and O–H groups in total. The van der Waals surface area contributed by atoms with Crippen LogP contribution in [0.25, 0.3) is 0 Å². The molecular weight excluding hydrogens is 230 g/mol. The van der Waals surface area contributed by atoms with E-state index in [9.17, 15) is 9.59 Å². The summed E-state index contributed by atoms with van der Waals surface area (Å²) < 4.78 is 5.10. The molecule has 0 bridgehead atoms. The first-order valence-corrected chi connectivity index (χ1v) is 6.85. The molecule has 0 radical (unpaired) electrons. The van der Waals surface area contributed by atoms with Crippen LogP contribution in [0, 0.1) is 5.92 Å². The SMILES string of the molecule is CC(C)(C)OC(=O)NCCCC(=O)CC1CCC1. The summed E-state index contributed by atoms with van der Waals surface area (Å²) >= 11 is 0. The maximum atomic E-state index is 11.6. The molecule has 1 amide bonds. The van der Waals surface area contributed by atoms with Gasteiger partial charge in [-0.05, 0) is 33.1 Å². The minimum atomic E-state index is -0.468. The smallest absolute Gasteiger partial charge is 0.407 e. The van der Waals surface area contributed by atoms with Crippen molar-refractivity contribution in [2.24, 2.45) is 5.92 Å².